The summed E-state index contributed by atoms with van der Waals surface area (Å²) in [6.07, 6.45) is -1.64. The van der Waals surface area contributed by atoms with Gasteiger partial charge in [0.15, 0.2) is 11.6 Å². The zero-order valence-corrected chi connectivity index (χ0v) is 23.5. The summed E-state index contributed by atoms with van der Waals surface area (Å²) in [6.45, 7) is 0.0650. The highest BCUT2D eigenvalue weighted by molar-refractivity contribution is 7.13. The number of nitrogens with zero attached hydrogens (tertiary/aromatic N) is 1. The van der Waals surface area contributed by atoms with Gasteiger partial charge in [-0.25, -0.2) is 23.6 Å². The minimum Gasteiger partial charge on any atom is -0.481 e. The van der Waals surface area contributed by atoms with Crippen LogP contribution < -0.4 is 15.8 Å². The van der Waals surface area contributed by atoms with Crippen molar-refractivity contribution in [3.63, 3.8) is 0 Å². The number of hydrogen-bond acceptors (Lipinski definition) is 8. The van der Waals surface area contributed by atoms with Gasteiger partial charge in [-0.2, -0.15) is 13.2 Å². The van der Waals surface area contributed by atoms with Crippen LogP contribution in [0.5, 0.6) is 5.75 Å². The fourth-order valence-electron chi connectivity index (χ4n) is 4.01. The highest BCUT2D eigenvalue weighted by Gasteiger charge is 2.38. The second-order valence-electron chi connectivity index (χ2n) is 9.38. The Kier molecular flexibility index (Phi) is 12.6. The van der Waals surface area contributed by atoms with Crippen LogP contribution in [0.15, 0.2) is 30.3 Å². The number of carboxylic acids is 3. The quantitative estimate of drug-likeness (QED) is 0.0719. The summed E-state index contributed by atoms with van der Waals surface area (Å²) < 4.78 is 51.1. The minimum absolute atomic E-state index is 0.0650. The number of halogens is 4. The molecule has 1 aliphatic rings. The number of hydrogen-bond donors (Lipinski definition) is 6. The molecule has 1 heterocycles. The van der Waals surface area contributed by atoms with E-state index in [1.807, 2.05) is 0 Å². The number of nitrogen functional groups attached to an aromatic ring is 1. The van der Waals surface area contributed by atoms with E-state index in [1.54, 1.807) is 6.07 Å². The Balaban J connectivity index is 0.000000860. The predicted octanol–water partition coefficient (Wildman–Crippen LogP) is 3.80. The van der Waals surface area contributed by atoms with Crippen molar-refractivity contribution < 1.29 is 61.6 Å². The first-order chi connectivity index (χ1) is 20.5. The van der Waals surface area contributed by atoms with E-state index >= 15 is 0 Å². The average Bonchev–Trinajstić information content (AvgIpc) is 3.41. The first-order valence-corrected chi connectivity index (χ1v) is 13.6. The van der Waals surface area contributed by atoms with Gasteiger partial charge in [-0.15, -0.1) is 11.3 Å². The number of amidine groups is 1. The number of benzene rings is 1. The topological polar surface area (TPSA) is 220 Å². The Morgan fingerprint density at radius 1 is 1.07 bits per heavy atom. The number of ether oxygens (including phenoxy) is 1. The Morgan fingerprint density at radius 2 is 1.68 bits per heavy atom. The molecule has 0 unspecified atom stereocenters. The van der Waals surface area contributed by atoms with Gasteiger partial charge in [0.2, 0.25) is 0 Å². The molecule has 1 aromatic heterocycles. The molecule has 1 aromatic carbocycles. The third-order valence-corrected chi connectivity index (χ3v) is 7.18. The summed E-state index contributed by atoms with van der Waals surface area (Å²) in [6, 6.07) is 4.16. The molecule has 1 aliphatic carbocycles. The number of thiophene rings is 1. The predicted molar refractivity (Wildman–Crippen MR) is 145 cm³/mol. The van der Waals surface area contributed by atoms with Gasteiger partial charge >= 0.3 is 36.1 Å². The van der Waals surface area contributed by atoms with E-state index in [9.17, 15) is 41.8 Å². The summed E-state index contributed by atoms with van der Waals surface area (Å²) in [7, 11) is 0. The molecular weight excluding hydrogens is 620 g/mol. The summed E-state index contributed by atoms with van der Waals surface area (Å²) in [5.74, 6) is -7.89. The highest BCUT2D eigenvalue weighted by Crippen LogP contribution is 2.28. The van der Waals surface area contributed by atoms with E-state index < -0.39 is 54.4 Å². The van der Waals surface area contributed by atoms with Crippen molar-refractivity contribution in [2.75, 3.05) is 0 Å². The molecule has 0 aliphatic heterocycles. The maximum absolute atomic E-state index is 14.2. The summed E-state index contributed by atoms with van der Waals surface area (Å²) in [4.78, 5) is 59.2. The number of amides is 2. The average molecular weight is 649 g/mol. The van der Waals surface area contributed by atoms with Crippen LogP contribution in [0.25, 0.3) is 0 Å². The first kappa shape index (κ1) is 35.5. The van der Waals surface area contributed by atoms with Crippen LogP contribution in [-0.4, -0.2) is 74.2 Å². The van der Waals surface area contributed by atoms with Crippen LogP contribution in [0.1, 0.15) is 58.6 Å². The van der Waals surface area contributed by atoms with Gasteiger partial charge in [-0.05, 0) is 43.2 Å². The molecule has 1 saturated carbocycles. The van der Waals surface area contributed by atoms with Crippen LogP contribution in [0.4, 0.5) is 22.4 Å². The normalized spacial score (nSPS) is 13.9. The van der Waals surface area contributed by atoms with Crippen LogP contribution in [0.2, 0.25) is 0 Å². The van der Waals surface area contributed by atoms with E-state index in [2.05, 4.69) is 5.32 Å². The summed E-state index contributed by atoms with van der Waals surface area (Å²) in [5, 5.41) is 35.1. The maximum Gasteiger partial charge on any atom is 0.490 e. The van der Waals surface area contributed by atoms with Crippen LogP contribution in [0.3, 0.4) is 0 Å². The number of aliphatic carboxylic acids is 3. The lowest BCUT2D eigenvalue weighted by Crippen LogP contribution is -2.51. The largest absolute Gasteiger partial charge is 0.490 e. The Bertz CT molecular complexity index is 1390. The number of carbonyl (C=O) groups is 5. The SMILES string of the molecule is N=C(N)c1ccc(OC(=O)c2ccc(CN(C(=O)N[C@@H](CC(=O)O)C(=O)O)C3CCCCC3)s2)c(F)c1.O=C(O)C(F)(F)F. The molecule has 0 bridgehead atoms. The molecule has 18 heteroatoms. The van der Waals surface area contributed by atoms with Crippen LogP contribution >= 0.6 is 11.3 Å². The highest BCUT2D eigenvalue weighted by atomic mass is 32.1. The molecule has 240 valence electrons. The van der Waals surface area contributed by atoms with Crippen LogP contribution in [-0.2, 0) is 20.9 Å². The van der Waals surface area contributed by atoms with Crippen LogP contribution in [0, 0.1) is 11.2 Å². The zero-order valence-electron chi connectivity index (χ0n) is 22.7. The lowest BCUT2D eigenvalue weighted by atomic mass is 9.94. The molecule has 0 radical (unpaired) electrons. The van der Waals surface area contributed by atoms with Crippen molar-refractivity contribution >= 4 is 47.1 Å². The Morgan fingerprint density at radius 3 is 2.18 bits per heavy atom. The van der Waals surface area contributed by atoms with E-state index in [1.165, 1.54) is 23.1 Å². The number of carbonyl (C=O) groups excluding carboxylic acids is 2. The monoisotopic (exact) mass is 648 g/mol. The Labute approximate surface area is 250 Å². The first-order valence-electron chi connectivity index (χ1n) is 12.8. The molecule has 7 N–H and O–H groups in total. The molecule has 1 atom stereocenters. The fraction of sp³-hybridized carbons (Fsp3) is 0.385. The number of alkyl halides is 3. The third kappa shape index (κ3) is 10.8. The van der Waals surface area contributed by atoms with Gasteiger partial charge in [0, 0.05) is 16.5 Å². The molecule has 0 saturated heterocycles. The van der Waals surface area contributed by atoms with Gasteiger partial charge < -0.3 is 36.0 Å². The number of esters is 1. The van der Waals surface area contributed by atoms with Crippen molar-refractivity contribution in [3.8, 4) is 5.75 Å². The third-order valence-electron chi connectivity index (χ3n) is 6.13. The smallest absolute Gasteiger partial charge is 0.481 e. The number of nitrogens with one attached hydrogen (secondary N) is 2. The lowest BCUT2D eigenvalue weighted by Gasteiger charge is -2.34. The van der Waals surface area contributed by atoms with E-state index in [-0.39, 0.29) is 34.6 Å². The van der Waals surface area contributed by atoms with Crippen molar-refractivity contribution in [2.24, 2.45) is 5.73 Å². The molecule has 44 heavy (non-hydrogen) atoms. The number of carboxylic acid groups (broad SMARTS) is 3. The Hall–Kier alpha value is -4.74. The second-order valence-corrected chi connectivity index (χ2v) is 10.5. The number of rotatable bonds is 10. The summed E-state index contributed by atoms with van der Waals surface area (Å²) >= 11 is 1.04. The molecule has 1 fully saturated rings. The standard InChI is InChI=1S/C24H27FN4O7S.C2HF3O2/c25-16-10-13(21(26)27)6-8-18(16)36-23(34)19-9-7-15(37-19)12-29(14-4-2-1-3-5-14)24(35)28-17(22(32)33)11-20(30)31;3-2(4,5)1(6)7/h6-10,14,17H,1-5,11-12H2,(H3,26,27)(H,28,35)(H,30,31)(H,32,33);(H,6,7)/t17-;/m0./s1. The minimum atomic E-state index is -5.08. The lowest BCUT2D eigenvalue weighted by molar-refractivity contribution is -0.192. The van der Waals surface area contributed by atoms with Gasteiger partial charge in [-0.1, -0.05) is 19.3 Å². The number of urea groups is 1. The zero-order chi connectivity index (χ0) is 33.2. The summed E-state index contributed by atoms with van der Waals surface area (Å²) in [5.41, 5.74) is 5.47. The van der Waals surface area contributed by atoms with E-state index in [4.69, 9.17) is 30.9 Å². The molecule has 0 spiro atoms. The number of nitrogens with two attached hydrogens (primary N) is 1. The van der Waals surface area contributed by atoms with Gasteiger partial charge in [0.1, 0.15) is 16.8 Å². The van der Waals surface area contributed by atoms with Crippen molar-refractivity contribution in [2.45, 2.75) is 63.3 Å². The maximum atomic E-state index is 14.2. The fourth-order valence-corrected chi connectivity index (χ4v) is 4.89. The van der Waals surface area contributed by atoms with Gasteiger partial charge in [0.05, 0.1) is 13.0 Å². The van der Waals surface area contributed by atoms with Crippen molar-refractivity contribution in [3.05, 3.63) is 51.5 Å². The van der Waals surface area contributed by atoms with Crippen molar-refractivity contribution in [1.82, 2.24) is 10.2 Å². The second kappa shape index (κ2) is 15.6. The molecule has 2 amide bonds. The van der Waals surface area contributed by atoms with E-state index in [0.717, 1.165) is 36.7 Å². The van der Waals surface area contributed by atoms with E-state index in [0.29, 0.717) is 17.7 Å². The molecular formula is C26H28F4N4O9S. The molecule has 3 rings (SSSR count). The van der Waals surface area contributed by atoms with Crippen molar-refractivity contribution in [1.29, 1.82) is 5.41 Å². The van der Waals surface area contributed by atoms with Gasteiger partial charge in [0.25, 0.3) is 0 Å². The molecule has 2 aromatic rings. The van der Waals surface area contributed by atoms with Gasteiger partial charge in [-0.3, -0.25) is 10.2 Å². The molecule has 13 nitrogen and oxygen atoms in total.